The number of hydrogen-bond acceptors (Lipinski definition) is 4. The molecule has 0 bridgehead atoms. The van der Waals surface area contributed by atoms with Crippen LogP contribution in [0.1, 0.15) is 56.0 Å². The van der Waals surface area contributed by atoms with E-state index < -0.39 is 22.6 Å². The summed E-state index contributed by atoms with van der Waals surface area (Å²) in [5.41, 5.74) is 4.61. The highest BCUT2D eigenvalue weighted by Gasteiger charge is 2.34. The predicted molar refractivity (Wildman–Crippen MR) is 96.0 cm³/mol. The molecule has 3 N–H and O–H groups in total. The van der Waals surface area contributed by atoms with Crippen molar-refractivity contribution in [3.63, 3.8) is 0 Å². The van der Waals surface area contributed by atoms with Crippen molar-refractivity contribution < 1.29 is 13.3 Å². The largest absolute Gasteiger partial charge is 0.360 e. The summed E-state index contributed by atoms with van der Waals surface area (Å²) in [5.74, 6) is -1.73. The smallest absolute Gasteiger partial charge is 0.293 e. The molecule has 0 saturated heterocycles. The van der Waals surface area contributed by atoms with Gasteiger partial charge in [0.1, 0.15) is 5.82 Å². The number of nitrogens with two attached hydrogens (primary N) is 1. The van der Waals surface area contributed by atoms with E-state index in [1.807, 2.05) is 0 Å². The lowest BCUT2D eigenvalue weighted by atomic mass is 9.81. The van der Waals surface area contributed by atoms with Gasteiger partial charge in [-0.15, -0.1) is 0 Å². The Bertz CT molecular complexity index is 1180. The van der Waals surface area contributed by atoms with E-state index in [1.165, 1.54) is 0 Å². The summed E-state index contributed by atoms with van der Waals surface area (Å²) in [7, 11) is 0. The summed E-state index contributed by atoms with van der Waals surface area (Å²) in [5, 5.41) is 1.84. The van der Waals surface area contributed by atoms with Gasteiger partial charge in [-0.3, -0.25) is 9.59 Å². The number of aromatic amines is 1. The minimum atomic E-state index is -0.737. The van der Waals surface area contributed by atoms with Crippen LogP contribution >= 0.6 is 0 Å². The van der Waals surface area contributed by atoms with Crippen LogP contribution in [-0.2, 0) is 0 Å². The van der Waals surface area contributed by atoms with Gasteiger partial charge in [-0.2, -0.15) is 5.16 Å². The van der Waals surface area contributed by atoms with Gasteiger partial charge in [0, 0.05) is 17.6 Å². The zero-order chi connectivity index (χ0) is 18.9. The van der Waals surface area contributed by atoms with Crippen LogP contribution in [0.15, 0.2) is 20.2 Å². The van der Waals surface area contributed by atoms with Gasteiger partial charge >= 0.3 is 0 Å². The van der Waals surface area contributed by atoms with Gasteiger partial charge in [0.05, 0.1) is 10.9 Å². The van der Waals surface area contributed by atoms with Crippen molar-refractivity contribution in [3.05, 3.63) is 43.8 Å². The lowest BCUT2D eigenvalue weighted by Gasteiger charge is -2.27. The number of fused-ring (bicyclic) bond motifs is 2. The summed E-state index contributed by atoms with van der Waals surface area (Å²) >= 11 is 0. The van der Waals surface area contributed by atoms with Crippen LogP contribution < -0.4 is 16.7 Å². The molecule has 142 valence electrons. The van der Waals surface area contributed by atoms with Crippen molar-refractivity contribution in [2.45, 2.75) is 56.5 Å². The molecule has 2 aromatic heterocycles. The first-order chi connectivity index (χ1) is 13.0. The van der Waals surface area contributed by atoms with Crippen LogP contribution in [0, 0.1) is 11.6 Å². The van der Waals surface area contributed by atoms with Gasteiger partial charge in [-0.05, 0) is 50.5 Å². The van der Waals surface area contributed by atoms with E-state index in [-0.39, 0.29) is 45.6 Å². The third-order valence-corrected chi connectivity index (χ3v) is 5.93. The average molecular weight is 375 g/mol. The maximum absolute atomic E-state index is 15.6. The van der Waals surface area contributed by atoms with Crippen LogP contribution in [0.5, 0.6) is 0 Å². The molecule has 0 amide bonds. The van der Waals surface area contributed by atoms with Crippen LogP contribution in [0.2, 0.25) is 0 Å². The second-order valence-corrected chi connectivity index (χ2v) is 7.74. The number of hydrogen-bond donors (Lipinski definition) is 2. The number of aromatic nitrogens is 2. The maximum Gasteiger partial charge on any atom is 0.293 e. The Labute approximate surface area is 151 Å². The monoisotopic (exact) mass is 375 g/mol. The van der Waals surface area contributed by atoms with Gasteiger partial charge in [0.15, 0.2) is 11.2 Å². The molecule has 8 heteroatoms. The van der Waals surface area contributed by atoms with Crippen molar-refractivity contribution in [1.29, 1.82) is 0 Å². The van der Waals surface area contributed by atoms with Gasteiger partial charge in [0.2, 0.25) is 11.1 Å². The van der Waals surface area contributed by atoms with Crippen LogP contribution in [0.3, 0.4) is 0 Å². The standard InChI is InChI=1S/C19H19F2N3O3/c20-12-7-11-16(15(21)13(12)8-1-3-9(22)4-2-8)24(10-5-6-10)19-14(17(11)25)18(26)23-27-19/h7-10H,1-6,22H2,(H,23,26). The molecule has 2 aliphatic rings. The highest BCUT2D eigenvalue weighted by molar-refractivity contribution is 5.92. The number of halogens is 2. The highest BCUT2D eigenvalue weighted by Crippen LogP contribution is 2.42. The molecule has 0 spiro atoms. The Hall–Kier alpha value is -2.48. The van der Waals surface area contributed by atoms with Crippen LogP contribution in [0.4, 0.5) is 8.78 Å². The van der Waals surface area contributed by atoms with Gasteiger partial charge in [0.25, 0.3) is 5.56 Å². The second kappa shape index (κ2) is 5.76. The molecule has 3 aromatic rings. The molecule has 0 radical (unpaired) electrons. The number of H-pyrrole nitrogens is 1. The normalized spacial score (nSPS) is 23.4. The number of rotatable bonds is 2. The molecular formula is C19H19F2N3O3. The minimum absolute atomic E-state index is 0.0143. The lowest BCUT2D eigenvalue weighted by Crippen LogP contribution is -2.26. The first-order valence-corrected chi connectivity index (χ1v) is 9.30. The third kappa shape index (κ3) is 2.39. The van der Waals surface area contributed by atoms with Gasteiger partial charge in [-0.1, -0.05) is 0 Å². The number of nitrogens with zero attached hydrogens (tertiary/aromatic N) is 1. The zero-order valence-corrected chi connectivity index (χ0v) is 14.6. The third-order valence-electron chi connectivity index (χ3n) is 5.93. The summed E-state index contributed by atoms with van der Waals surface area (Å²) in [6, 6.07) is 1.07. The van der Waals surface area contributed by atoms with Crippen molar-refractivity contribution in [1.82, 2.24) is 9.72 Å². The first kappa shape index (κ1) is 16.7. The fourth-order valence-corrected chi connectivity index (χ4v) is 4.40. The fraction of sp³-hybridized carbons (Fsp3) is 0.474. The quantitative estimate of drug-likeness (QED) is 0.720. The van der Waals surface area contributed by atoms with Crippen molar-refractivity contribution >= 4 is 22.0 Å². The number of pyridine rings is 1. The summed E-state index contributed by atoms with van der Waals surface area (Å²) in [6.45, 7) is 0. The number of benzene rings is 1. The van der Waals surface area contributed by atoms with Crippen LogP contribution in [-0.4, -0.2) is 15.8 Å². The molecule has 2 heterocycles. The van der Waals surface area contributed by atoms with Crippen molar-refractivity contribution in [2.75, 3.05) is 0 Å². The number of nitrogens with one attached hydrogen (secondary N) is 1. The lowest BCUT2D eigenvalue weighted by molar-refractivity contribution is 0.377. The van der Waals surface area contributed by atoms with Crippen molar-refractivity contribution in [3.8, 4) is 0 Å². The first-order valence-electron chi connectivity index (χ1n) is 9.30. The molecule has 1 aromatic carbocycles. The topological polar surface area (TPSA) is 94.0 Å². The fourth-order valence-electron chi connectivity index (χ4n) is 4.40. The molecule has 2 fully saturated rings. The average Bonchev–Trinajstić information content (AvgIpc) is 3.40. The van der Waals surface area contributed by atoms with Gasteiger partial charge < -0.3 is 14.8 Å². The maximum atomic E-state index is 15.6. The van der Waals surface area contributed by atoms with E-state index in [1.54, 1.807) is 4.57 Å². The van der Waals surface area contributed by atoms with E-state index in [0.29, 0.717) is 25.7 Å². The summed E-state index contributed by atoms with van der Waals surface area (Å²) in [4.78, 5) is 24.7. The Kier molecular flexibility index (Phi) is 3.56. The highest BCUT2D eigenvalue weighted by atomic mass is 19.1. The SMILES string of the molecule is NC1CCC(c2c(F)cc3c(=O)c4c(=O)[nH]oc4n(C4CC4)c3c2F)CC1. The molecule has 0 atom stereocenters. The molecule has 0 aliphatic heterocycles. The van der Waals surface area contributed by atoms with Crippen molar-refractivity contribution in [2.24, 2.45) is 5.73 Å². The molecule has 2 aliphatic carbocycles. The predicted octanol–water partition coefficient (Wildman–Crippen LogP) is 3.03. The Morgan fingerprint density at radius 1 is 1.11 bits per heavy atom. The van der Waals surface area contributed by atoms with E-state index in [2.05, 4.69) is 5.16 Å². The van der Waals surface area contributed by atoms with E-state index >= 15 is 4.39 Å². The molecule has 27 heavy (non-hydrogen) atoms. The molecular weight excluding hydrogens is 356 g/mol. The van der Waals surface area contributed by atoms with E-state index in [4.69, 9.17) is 10.3 Å². The van der Waals surface area contributed by atoms with Gasteiger partial charge in [-0.25, -0.2) is 8.78 Å². The Morgan fingerprint density at radius 2 is 1.81 bits per heavy atom. The Balaban J connectivity index is 1.86. The molecule has 6 nitrogen and oxygen atoms in total. The molecule has 2 saturated carbocycles. The minimum Gasteiger partial charge on any atom is -0.360 e. The van der Waals surface area contributed by atoms with E-state index in [9.17, 15) is 14.0 Å². The Morgan fingerprint density at radius 3 is 2.48 bits per heavy atom. The zero-order valence-electron chi connectivity index (χ0n) is 14.6. The summed E-state index contributed by atoms with van der Waals surface area (Å²) in [6.07, 6.45) is 4.20. The second-order valence-electron chi connectivity index (χ2n) is 7.74. The van der Waals surface area contributed by atoms with Crippen LogP contribution in [0.25, 0.3) is 22.0 Å². The van der Waals surface area contributed by atoms with E-state index in [0.717, 1.165) is 18.9 Å². The molecule has 0 unspecified atom stereocenters. The molecule has 5 rings (SSSR count). The summed E-state index contributed by atoms with van der Waals surface area (Å²) < 4.78 is 37.3.